The summed E-state index contributed by atoms with van der Waals surface area (Å²) >= 11 is 0. The van der Waals surface area contributed by atoms with Crippen molar-refractivity contribution in [2.45, 2.75) is 44.6 Å². The molecule has 0 aliphatic heterocycles. The van der Waals surface area contributed by atoms with Crippen LogP contribution in [0.15, 0.2) is 25.3 Å². The summed E-state index contributed by atoms with van der Waals surface area (Å²) in [4.78, 5) is 0. The van der Waals surface area contributed by atoms with E-state index in [0.717, 1.165) is 19.3 Å². The Labute approximate surface area is 87.5 Å². The van der Waals surface area contributed by atoms with Crippen molar-refractivity contribution in [3.63, 3.8) is 0 Å². The molecule has 0 aromatic carbocycles. The molecular weight excluding hydrogens is 172 g/mol. The van der Waals surface area contributed by atoms with Crippen LogP contribution in [0, 0.1) is 11.8 Å². The topological polar surface area (TPSA) is 20.2 Å². The molecule has 1 fully saturated rings. The average molecular weight is 194 g/mol. The van der Waals surface area contributed by atoms with E-state index in [1.54, 1.807) is 0 Å². The highest BCUT2D eigenvalue weighted by Gasteiger charge is 2.30. The largest absolute Gasteiger partial charge is 0.393 e. The molecule has 0 spiro atoms. The summed E-state index contributed by atoms with van der Waals surface area (Å²) in [5, 5.41) is 9.78. The van der Waals surface area contributed by atoms with Crippen molar-refractivity contribution in [2.75, 3.05) is 0 Å². The van der Waals surface area contributed by atoms with Crippen molar-refractivity contribution in [2.24, 2.45) is 11.8 Å². The molecule has 1 saturated carbocycles. The van der Waals surface area contributed by atoms with Crippen LogP contribution in [0.5, 0.6) is 0 Å². The molecule has 1 heteroatoms. The molecule has 0 aromatic heterocycles. The first-order valence-corrected chi connectivity index (χ1v) is 5.71. The summed E-state index contributed by atoms with van der Waals surface area (Å²) in [5.74, 6) is 0.977. The zero-order valence-corrected chi connectivity index (χ0v) is 8.99. The number of allylic oxidation sites excluding steroid dienone is 2. The number of rotatable bonds is 6. The molecule has 0 amide bonds. The van der Waals surface area contributed by atoms with E-state index in [9.17, 15) is 5.11 Å². The normalized spacial score (nSPS) is 28.6. The van der Waals surface area contributed by atoms with E-state index < -0.39 is 0 Å². The van der Waals surface area contributed by atoms with E-state index in [2.05, 4.69) is 13.2 Å². The lowest BCUT2D eigenvalue weighted by Crippen LogP contribution is -2.21. The van der Waals surface area contributed by atoms with Gasteiger partial charge in [0.15, 0.2) is 0 Å². The van der Waals surface area contributed by atoms with Gasteiger partial charge in [0, 0.05) is 0 Å². The van der Waals surface area contributed by atoms with Crippen molar-refractivity contribution in [1.82, 2.24) is 0 Å². The molecule has 3 atom stereocenters. The van der Waals surface area contributed by atoms with E-state index in [1.165, 1.54) is 19.3 Å². The molecule has 1 nitrogen and oxygen atoms in total. The van der Waals surface area contributed by atoms with Gasteiger partial charge in [0.05, 0.1) is 6.10 Å². The van der Waals surface area contributed by atoms with E-state index in [-0.39, 0.29) is 6.10 Å². The number of aliphatic hydroxyl groups excluding tert-OH is 1. The van der Waals surface area contributed by atoms with Gasteiger partial charge < -0.3 is 5.11 Å². The molecule has 1 rings (SSSR count). The summed E-state index contributed by atoms with van der Waals surface area (Å²) in [6.45, 7) is 7.60. The minimum Gasteiger partial charge on any atom is -0.393 e. The number of hydrogen-bond acceptors (Lipinski definition) is 1. The maximum absolute atomic E-state index is 9.78. The van der Waals surface area contributed by atoms with Gasteiger partial charge in [-0.3, -0.25) is 0 Å². The highest BCUT2D eigenvalue weighted by atomic mass is 16.3. The third kappa shape index (κ3) is 2.98. The van der Waals surface area contributed by atoms with E-state index in [1.807, 2.05) is 12.2 Å². The van der Waals surface area contributed by atoms with Crippen LogP contribution in [0.3, 0.4) is 0 Å². The minimum absolute atomic E-state index is 0.0817. The van der Waals surface area contributed by atoms with Gasteiger partial charge in [-0.25, -0.2) is 0 Å². The van der Waals surface area contributed by atoms with E-state index in [4.69, 9.17) is 0 Å². The van der Waals surface area contributed by atoms with Gasteiger partial charge in [0.25, 0.3) is 0 Å². The molecule has 0 heterocycles. The Morgan fingerprint density at radius 1 is 1.36 bits per heavy atom. The lowest BCUT2D eigenvalue weighted by molar-refractivity contribution is 0.107. The van der Waals surface area contributed by atoms with Crippen LogP contribution in [0.4, 0.5) is 0 Å². The van der Waals surface area contributed by atoms with Crippen LogP contribution < -0.4 is 0 Å². The van der Waals surface area contributed by atoms with Gasteiger partial charge in [-0.2, -0.15) is 0 Å². The Hall–Kier alpha value is -0.560. The number of aliphatic hydroxyl groups is 1. The monoisotopic (exact) mass is 194 g/mol. The summed E-state index contributed by atoms with van der Waals surface area (Å²) in [6.07, 6.45) is 10.6. The fourth-order valence-corrected chi connectivity index (χ4v) is 2.47. The van der Waals surface area contributed by atoms with Gasteiger partial charge in [0.2, 0.25) is 0 Å². The van der Waals surface area contributed by atoms with Crippen molar-refractivity contribution in [3.8, 4) is 0 Å². The molecule has 0 saturated heterocycles. The molecule has 0 radical (unpaired) electrons. The molecule has 80 valence electrons. The van der Waals surface area contributed by atoms with Gasteiger partial charge in [0.1, 0.15) is 0 Å². The van der Waals surface area contributed by atoms with Gasteiger partial charge in [-0.15, -0.1) is 13.2 Å². The van der Waals surface area contributed by atoms with Gasteiger partial charge >= 0.3 is 0 Å². The van der Waals surface area contributed by atoms with Crippen LogP contribution in [-0.4, -0.2) is 11.2 Å². The Bertz CT molecular complexity index is 186. The summed E-state index contributed by atoms with van der Waals surface area (Å²) in [5.41, 5.74) is 0. The molecule has 1 aliphatic rings. The molecule has 0 aromatic rings. The molecule has 3 unspecified atom stereocenters. The minimum atomic E-state index is -0.0817. The lowest BCUT2D eigenvalue weighted by atomic mass is 9.85. The fraction of sp³-hybridized carbons (Fsp3) is 0.692. The van der Waals surface area contributed by atoms with E-state index >= 15 is 0 Å². The highest BCUT2D eigenvalue weighted by Crippen LogP contribution is 2.34. The Morgan fingerprint density at radius 2 is 2.14 bits per heavy atom. The predicted octanol–water partition coefficient (Wildman–Crippen LogP) is 3.31. The second-order valence-electron chi connectivity index (χ2n) is 4.28. The Balaban J connectivity index is 2.36. The van der Waals surface area contributed by atoms with Crippen LogP contribution in [0.25, 0.3) is 0 Å². The van der Waals surface area contributed by atoms with E-state index in [0.29, 0.717) is 11.8 Å². The first-order valence-electron chi connectivity index (χ1n) is 5.71. The fourth-order valence-electron chi connectivity index (χ4n) is 2.47. The number of unbranched alkanes of at least 4 members (excludes halogenated alkanes) is 1. The Morgan fingerprint density at radius 3 is 2.64 bits per heavy atom. The second kappa shape index (κ2) is 6.02. The van der Waals surface area contributed by atoms with Crippen molar-refractivity contribution in [1.29, 1.82) is 0 Å². The second-order valence-corrected chi connectivity index (χ2v) is 4.28. The average Bonchev–Trinajstić information content (AvgIpc) is 2.60. The zero-order chi connectivity index (χ0) is 10.4. The van der Waals surface area contributed by atoms with Gasteiger partial charge in [-0.05, 0) is 43.9 Å². The van der Waals surface area contributed by atoms with Crippen LogP contribution in [-0.2, 0) is 0 Å². The quantitative estimate of drug-likeness (QED) is 0.508. The third-order valence-corrected chi connectivity index (χ3v) is 3.33. The maximum atomic E-state index is 9.78. The summed E-state index contributed by atoms with van der Waals surface area (Å²) in [7, 11) is 0. The highest BCUT2D eigenvalue weighted by molar-refractivity contribution is 4.91. The standard InChI is InChI=1S/C13H22O/c1-3-5-6-8-11(4-2)12-9-7-10-13(12)14/h3-4,11-14H,1-2,5-10H2. The molecular formula is C13H22O. The van der Waals surface area contributed by atoms with Gasteiger partial charge in [-0.1, -0.05) is 18.6 Å². The van der Waals surface area contributed by atoms with Crippen LogP contribution in [0.1, 0.15) is 38.5 Å². The van der Waals surface area contributed by atoms with Crippen LogP contribution >= 0.6 is 0 Å². The molecule has 1 N–H and O–H groups in total. The zero-order valence-electron chi connectivity index (χ0n) is 8.99. The maximum Gasteiger partial charge on any atom is 0.0574 e. The third-order valence-electron chi connectivity index (χ3n) is 3.33. The molecule has 0 bridgehead atoms. The first kappa shape index (κ1) is 11.5. The summed E-state index contributed by atoms with van der Waals surface area (Å²) in [6, 6.07) is 0. The Kier molecular flexibility index (Phi) is 4.95. The molecule has 1 aliphatic carbocycles. The first-order chi connectivity index (χ1) is 6.79. The summed E-state index contributed by atoms with van der Waals surface area (Å²) < 4.78 is 0. The van der Waals surface area contributed by atoms with Crippen molar-refractivity contribution >= 4 is 0 Å². The SMILES string of the molecule is C=CCCCC(C=C)C1CCCC1O. The van der Waals surface area contributed by atoms with Crippen LogP contribution in [0.2, 0.25) is 0 Å². The number of hydrogen-bond donors (Lipinski definition) is 1. The predicted molar refractivity (Wildman–Crippen MR) is 61.1 cm³/mol. The smallest absolute Gasteiger partial charge is 0.0574 e. The lowest BCUT2D eigenvalue weighted by Gasteiger charge is -2.22. The molecule has 14 heavy (non-hydrogen) atoms. The van der Waals surface area contributed by atoms with Crippen molar-refractivity contribution in [3.05, 3.63) is 25.3 Å². The van der Waals surface area contributed by atoms with Crippen molar-refractivity contribution < 1.29 is 5.11 Å².